The molecular weight excluding hydrogens is 304 g/mol. The van der Waals surface area contributed by atoms with Crippen molar-refractivity contribution in [2.75, 3.05) is 5.32 Å². The van der Waals surface area contributed by atoms with Crippen LogP contribution in [0, 0.1) is 6.92 Å². The minimum Gasteiger partial charge on any atom is -0.489 e. The van der Waals surface area contributed by atoms with E-state index in [4.69, 9.17) is 4.74 Å². The van der Waals surface area contributed by atoms with Gasteiger partial charge in [0.2, 0.25) is 0 Å². The normalized spacial score (nSPS) is 10.6. The first kappa shape index (κ1) is 13.9. The summed E-state index contributed by atoms with van der Waals surface area (Å²) in [7, 11) is 0. The highest BCUT2D eigenvalue weighted by Gasteiger charge is 2.06. The van der Waals surface area contributed by atoms with Crippen molar-refractivity contribution in [2.24, 2.45) is 0 Å². The van der Waals surface area contributed by atoms with Crippen LogP contribution in [0.25, 0.3) is 0 Å². The van der Waals surface area contributed by atoms with Crippen LogP contribution in [0.5, 0.6) is 5.75 Å². The van der Waals surface area contributed by atoms with Gasteiger partial charge in [0.1, 0.15) is 11.6 Å². The fourth-order valence-corrected chi connectivity index (χ4v) is 1.90. The van der Waals surface area contributed by atoms with Gasteiger partial charge in [-0.3, -0.25) is 0 Å². The molecule has 1 aromatic heterocycles. The van der Waals surface area contributed by atoms with E-state index in [1.54, 1.807) is 0 Å². The summed E-state index contributed by atoms with van der Waals surface area (Å²) in [5.74, 6) is 1.64. The minimum absolute atomic E-state index is 0.141. The monoisotopic (exact) mass is 320 g/mol. The lowest BCUT2D eigenvalue weighted by Crippen LogP contribution is -2.07. The number of ether oxygens (including phenoxy) is 1. The van der Waals surface area contributed by atoms with Gasteiger partial charge in [0, 0.05) is 4.47 Å². The lowest BCUT2D eigenvalue weighted by atomic mass is 10.2. The third-order valence-electron chi connectivity index (χ3n) is 2.53. The molecule has 0 atom stereocenters. The van der Waals surface area contributed by atoms with Crippen LogP contribution in [-0.4, -0.2) is 11.1 Å². The molecule has 0 aliphatic rings. The SMILES string of the molecule is Cc1nc(Nc2ccccc2OC(C)C)ccc1Br. The van der Waals surface area contributed by atoms with Gasteiger partial charge >= 0.3 is 0 Å². The fourth-order valence-electron chi connectivity index (χ4n) is 1.68. The zero-order valence-electron chi connectivity index (χ0n) is 11.3. The van der Waals surface area contributed by atoms with E-state index >= 15 is 0 Å². The van der Waals surface area contributed by atoms with Gasteiger partial charge in [-0.25, -0.2) is 4.98 Å². The third kappa shape index (κ3) is 3.70. The maximum Gasteiger partial charge on any atom is 0.143 e. The van der Waals surface area contributed by atoms with Crippen molar-refractivity contribution in [2.45, 2.75) is 26.9 Å². The van der Waals surface area contributed by atoms with E-state index in [9.17, 15) is 0 Å². The first-order valence-corrected chi connectivity index (χ1v) is 7.01. The molecule has 19 heavy (non-hydrogen) atoms. The number of hydrogen-bond donors (Lipinski definition) is 1. The van der Waals surface area contributed by atoms with E-state index in [0.717, 1.165) is 27.4 Å². The minimum atomic E-state index is 0.141. The van der Waals surface area contributed by atoms with Gasteiger partial charge in [0.15, 0.2) is 0 Å². The Morgan fingerprint density at radius 3 is 2.58 bits per heavy atom. The highest BCUT2D eigenvalue weighted by molar-refractivity contribution is 9.10. The number of rotatable bonds is 4. The number of nitrogens with one attached hydrogen (secondary N) is 1. The molecule has 0 aliphatic heterocycles. The predicted octanol–water partition coefficient (Wildman–Crippen LogP) is 4.68. The van der Waals surface area contributed by atoms with E-state index in [0.29, 0.717) is 0 Å². The summed E-state index contributed by atoms with van der Waals surface area (Å²) >= 11 is 3.45. The maximum atomic E-state index is 5.77. The van der Waals surface area contributed by atoms with Crippen molar-refractivity contribution in [3.05, 3.63) is 46.6 Å². The van der Waals surface area contributed by atoms with Gasteiger partial charge < -0.3 is 10.1 Å². The Morgan fingerprint density at radius 2 is 1.89 bits per heavy atom. The zero-order chi connectivity index (χ0) is 13.8. The lowest BCUT2D eigenvalue weighted by molar-refractivity contribution is 0.244. The highest BCUT2D eigenvalue weighted by Crippen LogP contribution is 2.28. The number of halogens is 1. The second-order valence-electron chi connectivity index (χ2n) is 4.55. The molecule has 3 nitrogen and oxygen atoms in total. The smallest absolute Gasteiger partial charge is 0.143 e. The van der Waals surface area contributed by atoms with Gasteiger partial charge in [-0.05, 0) is 61.0 Å². The van der Waals surface area contributed by atoms with Gasteiger partial charge in [-0.1, -0.05) is 12.1 Å². The number of hydrogen-bond acceptors (Lipinski definition) is 3. The molecule has 0 unspecified atom stereocenters. The molecule has 2 aromatic rings. The Balaban J connectivity index is 2.25. The summed E-state index contributed by atoms with van der Waals surface area (Å²) in [6.07, 6.45) is 0.141. The Bertz CT molecular complexity index is 570. The van der Waals surface area contributed by atoms with E-state index in [-0.39, 0.29) is 6.10 Å². The Labute approximate surface area is 122 Å². The van der Waals surface area contributed by atoms with Gasteiger partial charge in [-0.2, -0.15) is 0 Å². The molecule has 1 heterocycles. The van der Waals surface area contributed by atoms with Crippen molar-refractivity contribution in [3.63, 3.8) is 0 Å². The quantitative estimate of drug-likeness (QED) is 0.887. The molecule has 0 radical (unpaired) electrons. The van der Waals surface area contributed by atoms with Crippen LogP contribution >= 0.6 is 15.9 Å². The van der Waals surface area contributed by atoms with Crippen molar-refractivity contribution in [1.82, 2.24) is 4.98 Å². The summed E-state index contributed by atoms with van der Waals surface area (Å²) in [5.41, 5.74) is 1.87. The summed E-state index contributed by atoms with van der Waals surface area (Å²) in [6, 6.07) is 11.8. The molecular formula is C15H17BrN2O. The van der Waals surface area contributed by atoms with Crippen LogP contribution in [0.2, 0.25) is 0 Å². The van der Waals surface area contributed by atoms with Crippen LogP contribution < -0.4 is 10.1 Å². The summed E-state index contributed by atoms with van der Waals surface area (Å²) in [4.78, 5) is 4.47. The van der Waals surface area contributed by atoms with Crippen LogP contribution in [0.4, 0.5) is 11.5 Å². The second-order valence-corrected chi connectivity index (χ2v) is 5.41. The Kier molecular flexibility index (Phi) is 4.43. The Hall–Kier alpha value is -1.55. The third-order valence-corrected chi connectivity index (χ3v) is 3.37. The highest BCUT2D eigenvalue weighted by atomic mass is 79.9. The van der Waals surface area contributed by atoms with E-state index in [1.165, 1.54) is 0 Å². The number of aromatic nitrogens is 1. The molecule has 0 aliphatic carbocycles. The van der Waals surface area contributed by atoms with Crippen molar-refractivity contribution < 1.29 is 4.74 Å². The summed E-state index contributed by atoms with van der Waals surface area (Å²) in [5, 5.41) is 3.29. The number of pyridine rings is 1. The summed E-state index contributed by atoms with van der Waals surface area (Å²) in [6.45, 7) is 5.99. The lowest BCUT2D eigenvalue weighted by Gasteiger charge is -2.15. The van der Waals surface area contributed by atoms with Crippen LogP contribution in [0.1, 0.15) is 19.5 Å². The second kappa shape index (κ2) is 6.06. The number of para-hydroxylation sites is 2. The van der Waals surface area contributed by atoms with Gasteiger partial charge in [0.05, 0.1) is 17.5 Å². The first-order chi connectivity index (χ1) is 9.06. The predicted molar refractivity (Wildman–Crippen MR) is 82.2 cm³/mol. The first-order valence-electron chi connectivity index (χ1n) is 6.22. The maximum absolute atomic E-state index is 5.77. The van der Waals surface area contributed by atoms with Crippen molar-refractivity contribution in [1.29, 1.82) is 0 Å². The van der Waals surface area contributed by atoms with Crippen molar-refractivity contribution >= 4 is 27.4 Å². The number of benzene rings is 1. The average Bonchev–Trinajstić information content (AvgIpc) is 2.36. The Morgan fingerprint density at radius 1 is 1.16 bits per heavy atom. The van der Waals surface area contributed by atoms with Gasteiger partial charge in [-0.15, -0.1) is 0 Å². The molecule has 1 N–H and O–H groups in total. The fraction of sp³-hybridized carbons (Fsp3) is 0.267. The number of nitrogens with zero attached hydrogens (tertiary/aromatic N) is 1. The summed E-state index contributed by atoms with van der Waals surface area (Å²) < 4.78 is 6.78. The zero-order valence-corrected chi connectivity index (χ0v) is 12.9. The molecule has 2 rings (SSSR count). The number of anilines is 2. The number of aryl methyl sites for hydroxylation is 1. The van der Waals surface area contributed by atoms with Crippen LogP contribution in [0.15, 0.2) is 40.9 Å². The van der Waals surface area contributed by atoms with Crippen LogP contribution in [0.3, 0.4) is 0 Å². The molecule has 0 amide bonds. The van der Waals surface area contributed by atoms with E-state index < -0.39 is 0 Å². The molecule has 1 aromatic carbocycles. The molecule has 0 bridgehead atoms. The molecule has 100 valence electrons. The van der Waals surface area contributed by atoms with E-state index in [1.807, 2.05) is 57.2 Å². The largest absolute Gasteiger partial charge is 0.489 e. The van der Waals surface area contributed by atoms with E-state index in [2.05, 4.69) is 26.2 Å². The molecule has 0 spiro atoms. The molecule has 0 saturated heterocycles. The molecule has 4 heteroatoms. The van der Waals surface area contributed by atoms with Crippen LogP contribution in [-0.2, 0) is 0 Å². The van der Waals surface area contributed by atoms with Crippen molar-refractivity contribution in [3.8, 4) is 5.75 Å². The molecule has 0 saturated carbocycles. The average molecular weight is 321 g/mol. The van der Waals surface area contributed by atoms with Gasteiger partial charge in [0.25, 0.3) is 0 Å². The standard InChI is InChI=1S/C15H17BrN2O/c1-10(2)19-14-7-5-4-6-13(14)18-15-9-8-12(16)11(3)17-15/h4-10H,1-3H3,(H,17,18). The topological polar surface area (TPSA) is 34.2 Å². The molecule has 0 fully saturated rings.